The van der Waals surface area contributed by atoms with Gasteiger partial charge in [-0.1, -0.05) is 45.0 Å². The first-order valence-corrected chi connectivity index (χ1v) is 6.98. The normalized spacial score (nSPS) is 20.4. The van der Waals surface area contributed by atoms with Gasteiger partial charge in [0, 0.05) is 25.0 Å². The Morgan fingerprint density at radius 2 is 2.00 bits per heavy atom. The van der Waals surface area contributed by atoms with Gasteiger partial charge in [-0.3, -0.25) is 4.79 Å². The molecule has 1 aromatic carbocycles. The van der Waals surface area contributed by atoms with Crippen LogP contribution in [0.4, 0.5) is 0 Å². The van der Waals surface area contributed by atoms with Gasteiger partial charge in [-0.05, 0) is 18.1 Å². The summed E-state index contributed by atoms with van der Waals surface area (Å²) in [6.07, 6.45) is 0. The summed E-state index contributed by atoms with van der Waals surface area (Å²) in [5.74, 6) is 0.243. The molecule has 1 atom stereocenters. The van der Waals surface area contributed by atoms with Crippen LogP contribution in [0.1, 0.15) is 37.9 Å². The minimum absolute atomic E-state index is 0.243. The first-order chi connectivity index (χ1) is 8.89. The SMILES string of the molecule is Cc1ccccc1C1CN(C(=O)C(C)(C)C)CCN1. The summed E-state index contributed by atoms with van der Waals surface area (Å²) < 4.78 is 0. The molecule has 3 heteroatoms. The van der Waals surface area contributed by atoms with Crippen LogP contribution in [0.5, 0.6) is 0 Å². The molecule has 104 valence electrons. The summed E-state index contributed by atoms with van der Waals surface area (Å²) in [6, 6.07) is 8.65. The van der Waals surface area contributed by atoms with E-state index in [1.165, 1.54) is 11.1 Å². The van der Waals surface area contributed by atoms with Crippen molar-refractivity contribution in [2.24, 2.45) is 5.41 Å². The van der Waals surface area contributed by atoms with Gasteiger partial charge >= 0.3 is 0 Å². The van der Waals surface area contributed by atoms with Gasteiger partial charge < -0.3 is 10.2 Å². The molecule has 1 aliphatic rings. The third-order valence-corrected chi connectivity index (χ3v) is 3.67. The molecule has 0 bridgehead atoms. The quantitative estimate of drug-likeness (QED) is 0.841. The van der Waals surface area contributed by atoms with Gasteiger partial charge in [-0.25, -0.2) is 0 Å². The third kappa shape index (κ3) is 3.16. The molecule has 0 radical (unpaired) electrons. The van der Waals surface area contributed by atoms with Crippen LogP contribution >= 0.6 is 0 Å². The first-order valence-electron chi connectivity index (χ1n) is 6.98. The molecule has 1 aliphatic heterocycles. The van der Waals surface area contributed by atoms with Crippen LogP contribution < -0.4 is 5.32 Å². The fourth-order valence-corrected chi connectivity index (χ4v) is 2.59. The topological polar surface area (TPSA) is 32.3 Å². The Morgan fingerprint density at radius 1 is 1.32 bits per heavy atom. The average molecular weight is 260 g/mol. The van der Waals surface area contributed by atoms with E-state index in [0.717, 1.165) is 19.6 Å². The van der Waals surface area contributed by atoms with Gasteiger partial charge in [-0.2, -0.15) is 0 Å². The number of carbonyl (C=O) groups excluding carboxylic acids is 1. The number of benzene rings is 1. The molecule has 1 N–H and O–H groups in total. The fourth-order valence-electron chi connectivity index (χ4n) is 2.59. The molecular formula is C16H24N2O. The predicted octanol–water partition coefficient (Wildman–Crippen LogP) is 2.51. The zero-order valence-corrected chi connectivity index (χ0v) is 12.4. The lowest BCUT2D eigenvalue weighted by molar-refractivity contribution is -0.140. The minimum atomic E-state index is -0.298. The smallest absolute Gasteiger partial charge is 0.228 e. The van der Waals surface area contributed by atoms with Crippen LogP contribution in [0, 0.1) is 12.3 Å². The molecule has 1 amide bonds. The summed E-state index contributed by atoms with van der Waals surface area (Å²) in [5.41, 5.74) is 2.28. The van der Waals surface area contributed by atoms with Crippen molar-refractivity contribution < 1.29 is 4.79 Å². The van der Waals surface area contributed by atoms with E-state index < -0.39 is 0 Å². The number of carbonyl (C=O) groups is 1. The molecule has 1 aromatic rings. The van der Waals surface area contributed by atoms with Crippen LogP contribution in [0.25, 0.3) is 0 Å². The lowest BCUT2D eigenvalue weighted by atomic mass is 9.93. The maximum atomic E-state index is 12.4. The lowest BCUT2D eigenvalue weighted by Gasteiger charge is -2.37. The maximum absolute atomic E-state index is 12.4. The number of rotatable bonds is 1. The second kappa shape index (κ2) is 5.33. The number of amides is 1. The molecular weight excluding hydrogens is 236 g/mol. The second-order valence-corrected chi connectivity index (χ2v) is 6.36. The summed E-state index contributed by atoms with van der Waals surface area (Å²) in [6.45, 7) is 10.5. The highest BCUT2D eigenvalue weighted by Gasteiger charge is 2.31. The van der Waals surface area contributed by atoms with Crippen LogP contribution in [-0.4, -0.2) is 30.4 Å². The van der Waals surface area contributed by atoms with Crippen molar-refractivity contribution in [1.29, 1.82) is 0 Å². The van der Waals surface area contributed by atoms with Gasteiger partial charge in [0.05, 0.1) is 6.04 Å². The van der Waals surface area contributed by atoms with Crippen molar-refractivity contribution in [2.75, 3.05) is 19.6 Å². The van der Waals surface area contributed by atoms with Gasteiger partial charge in [-0.15, -0.1) is 0 Å². The van der Waals surface area contributed by atoms with E-state index >= 15 is 0 Å². The summed E-state index contributed by atoms with van der Waals surface area (Å²) in [4.78, 5) is 14.4. The highest BCUT2D eigenvalue weighted by Crippen LogP contribution is 2.24. The Kier molecular flexibility index (Phi) is 3.95. The number of aryl methyl sites for hydroxylation is 1. The number of piperazine rings is 1. The standard InChI is InChI=1S/C16H24N2O/c1-12-7-5-6-8-13(12)14-11-18(10-9-17-14)15(19)16(2,3)4/h5-8,14,17H,9-11H2,1-4H3. The number of hydrogen-bond acceptors (Lipinski definition) is 2. The number of nitrogens with zero attached hydrogens (tertiary/aromatic N) is 1. The fraction of sp³-hybridized carbons (Fsp3) is 0.562. The molecule has 19 heavy (non-hydrogen) atoms. The zero-order valence-electron chi connectivity index (χ0n) is 12.4. The van der Waals surface area contributed by atoms with Crippen LogP contribution in [0.2, 0.25) is 0 Å². The molecule has 1 unspecified atom stereocenters. The van der Waals surface area contributed by atoms with E-state index in [1.807, 2.05) is 25.7 Å². The van der Waals surface area contributed by atoms with Crippen molar-refractivity contribution in [1.82, 2.24) is 10.2 Å². The van der Waals surface area contributed by atoms with Crippen LogP contribution in [-0.2, 0) is 4.79 Å². The Bertz CT molecular complexity index is 462. The largest absolute Gasteiger partial charge is 0.339 e. The van der Waals surface area contributed by atoms with Crippen LogP contribution in [0.3, 0.4) is 0 Å². The van der Waals surface area contributed by atoms with Gasteiger partial charge in [0.1, 0.15) is 0 Å². The van der Waals surface area contributed by atoms with Gasteiger partial charge in [0.2, 0.25) is 5.91 Å². The van der Waals surface area contributed by atoms with E-state index in [1.54, 1.807) is 0 Å². The molecule has 1 saturated heterocycles. The zero-order chi connectivity index (χ0) is 14.0. The molecule has 0 saturated carbocycles. The van der Waals surface area contributed by atoms with Crippen molar-refractivity contribution in [2.45, 2.75) is 33.7 Å². The van der Waals surface area contributed by atoms with Crippen molar-refractivity contribution in [3.63, 3.8) is 0 Å². The molecule has 0 aliphatic carbocycles. The van der Waals surface area contributed by atoms with E-state index in [0.29, 0.717) is 0 Å². The summed E-state index contributed by atoms with van der Waals surface area (Å²) in [7, 11) is 0. The predicted molar refractivity (Wildman–Crippen MR) is 78.0 cm³/mol. The van der Waals surface area contributed by atoms with Crippen LogP contribution in [0.15, 0.2) is 24.3 Å². The van der Waals surface area contributed by atoms with Crippen molar-refractivity contribution >= 4 is 5.91 Å². The molecule has 3 nitrogen and oxygen atoms in total. The van der Waals surface area contributed by atoms with Gasteiger partial charge in [0.15, 0.2) is 0 Å². The van der Waals surface area contributed by atoms with E-state index in [4.69, 9.17) is 0 Å². The number of nitrogens with one attached hydrogen (secondary N) is 1. The Hall–Kier alpha value is -1.35. The average Bonchev–Trinajstić information content (AvgIpc) is 2.37. The molecule has 1 heterocycles. The van der Waals surface area contributed by atoms with E-state index in [9.17, 15) is 4.79 Å². The minimum Gasteiger partial charge on any atom is -0.339 e. The highest BCUT2D eigenvalue weighted by atomic mass is 16.2. The second-order valence-electron chi connectivity index (χ2n) is 6.36. The lowest BCUT2D eigenvalue weighted by Crippen LogP contribution is -2.51. The monoisotopic (exact) mass is 260 g/mol. The van der Waals surface area contributed by atoms with E-state index in [-0.39, 0.29) is 17.4 Å². The van der Waals surface area contributed by atoms with Crippen molar-refractivity contribution in [3.8, 4) is 0 Å². The van der Waals surface area contributed by atoms with Gasteiger partial charge in [0.25, 0.3) is 0 Å². The Balaban J connectivity index is 2.14. The highest BCUT2D eigenvalue weighted by molar-refractivity contribution is 5.81. The van der Waals surface area contributed by atoms with Crippen molar-refractivity contribution in [3.05, 3.63) is 35.4 Å². The molecule has 0 aromatic heterocycles. The summed E-state index contributed by atoms with van der Waals surface area (Å²) in [5, 5.41) is 3.52. The number of hydrogen-bond donors (Lipinski definition) is 1. The molecule has 1 fully saturated rings. The Morgan fingerprint density at radius 3 is 2.63 bits per heavy atom. The van der Waals surface area contributed by atoms with E-state index in [2.05, 4.69) is 36.5 Å². The molecule has 0 spiro atoms. The maximum Gasteiger partial charge on any atom is 0.228 e. The first kappa shape index (κ1) is 14.1. The molecule has 2 rings (SSSR count). The summed E-state index contributed by atoms with van der Waals surface area (Å²) >= 11 is 0. The Labute approximate surface area is 116 Å². The third-order valence-electron chi connectivity index (χ3n) is 3.67.